The molecule has 20 heavy (non-hydrogen) atoms. The molecular formula is C14H19NO4S. The zero-order chi connectivity index (χ0) is 14.9. The molecular weight excluding hydrogens is 278 g/mol. The molecule has 1 saturated heterocycles. The summed E-state index contributed by atoms with van der Waals surface area (Å²) in [4.78, 5) is 12.0. The third-order valence-electron chi connectivity index (χ3n) is 3.59. The number of hydrogen-bond donors (Lipinski definition) is 0. The van der Waals surface area contributed by atoms with Crippen LogP contribution in [0.4, 0.5) is 0 Å². The van der Waals surface area contributed by atoms with Crippen LogP contribution < -0.4 is 0 Å². The zero-order valence-corrected chi connectivity index (χ0v) is 12.7. The van der Waals surface area contributed by atoms with E-state index in [-0.39, 0.29) is 4.90 Å². The van der Waals surface area contributed by atoms with Crippen molar-refractivity contribution < 1.29 is 17.9 Å². The van der Waals surface area contributed by atoms with Crippen LogP contribution in [0.2, 0.25) is 0 Å². The number of rotatable bonds is 3. The highest BCUT2D eigenvalue weighted by Crippen LogP contribution is 2.28. The Morgan fingerprint density at radius 3 is 2.65 bits per heavy atom. The lowest BCUT2D eigenvalue weighted by Crippen LogP contribution is -2.41. The van der Waals surface area contributed by atoms with Crippen LogP contribution >= 0.6 is 0 Å². The molecule has 1 atom stereocenters. The molecule has 0 saturated carbocycles. The van der Waals surface area contributed by atoms with E-state index < -0.39 is 22.0 Å². The van der Waals surface area contributed by atoms with Gasteiger partial charge in [0.15, 0.2) is 0 Å². The molecule has 5 nitrogen and oxygen atoms in total. The maximum absolute atomic E-state index is 12.7. The number of methoxy groups -OCH3 is 1. The largest absolute Gasteiger partial charge is 0.468 e. The lowest BCUT2D eigenvalue weighted by molar-refractivity contribution is -0.144. The van der Waals surface area contributed by atoms with Gasteiger partial charge in [-0.15, -0.1) is 0 Å². The first-order valence-corrected chi connectivity index (χ1v) is 7.99. The summed E-state index contributed by atoms with van der Waals surface area (Å²) in [5.41, 5.74) is 1.70. The molecule has 1 aromatic carbocycles. The van der Waals surface area contributed by atoms with E-state index in [1.807, 2.05) is 13.0 Å². The monoisotopic (exact) mass is 297 g/mol. The summed E-state index contributed by atoms with van der Waals surface area (Å²) in [5, 5.41) is 0. The fourth-order valence-electron chi connectivity index (χ4n) is 2.61. The normalized spacial score (nSPS) is 20.1. The standard InChI is InChI=1S/C14H19NO4S/c1-10-6-7-13(11(2)9-10)20(17,18)15-8-4-5-12(15)14(16)19-3/h6-7,9,12H,4-5,8H2,1-3H3. The van der Waals surface area contributed by atoms with Crippen LogP contribution in [0.15, 0.2) is 23.1 Å². The topological polar surface area (TPSA) is 63.7 Å². The second kappa shape index (κ2) is 5.54. The van der Waals surface area contributed by atoms with E-state index in [2.05, 4.69) is 0 Å². The Bertz CT molecular complexity index is 624. The number of esters is 1. The molecule has 6 heteroatoms. The van der Waals surface area contributed by atoms with E-state index in [4.69, 9.17) is 4.74 Å². The van der Waals surface area contributed by atoms with Crippen molar-refractivity contribution in [2.75, 3.05) is 13.7 Å². The Hall–Kier alpha value is -1.40. The molecule has 0 spiro atoms. The van der Waals surface area contributed by atoms with Gasteiger partial charge in [0.2, 0.25) is 10.0 Å². The molecule has 0 aromatic heterocycles. The second-order valence-electron chi connectivity index (χ2n) is 5.07. The zero-order valence-electron chi connectivity index (χ0n) is 11.9. The van der Waals surface area contributed by atoms with Gasteiger partial charge >= 0.3 is 5.97 Å². The van der Waals surface area contributed by atoms with Gasteiger partial charge in [-0.1, -0.05) is 17.7 Å². The van der Waals surface area contributed by atoms with Gasteiger partial charge in [0.1, 0.15) is 6.04 Å². The highest BCUT2D eigenvalue weighted by Gasteiger charge is 2.40. The molecule has 110 valence electrons. The van der Waals surface area contributed by atoms with Gasteiger partial charge in [-0.2, -0.15) is 4.31 Å². The van der Waals surface area contributed by atoms with Crippen LogP contribution in [0.25, 0.3) is 0 Å². The Morgan fingerprint density at radius 2 is 2.05 bits per heavy atom. The number of sulfonamides is 1. The molecule has 0 bridgehead atoms. The van der Waals surface area contributed by atoms with Crippen LogP contribution in [0.5, 0.6) is 0 Å². The minimum atomic E-state index is -3.66. The molecule has 1 heterocycles. The molecule has 1 fully saturated rings. The lowest BCUT2D eigenvalue weighted by Gasteiger charge is -2.23. The maximum Gasteiger partial charge on any atom is 0.324 e. The van der Waals surface area contributed by atoms with Crippen molar-refractivity contribution in [2.45, 2.75) is 37.6 Å². The number of carbonyl (C=O) groups excluding carboxylic acids is 1. The SMILES string of the molecule is COC(=O)C1CCCN1S(=O)(=O)c1ccc(C)cc1C. The minimum Gasteiger partial charge on any atom is -0.468 e. The van der Waals surface area contributed by atoms with Crippen molar-refractivity contribution in [1.29, 1.82) is 0 Å². The van der Waals surface area contributed by atoms with Gasteiger partial charge in [0.05, 0.1) is 12.0 Å². The fourth-order valence-corrected chi connectivity index (χ4v) is 4.47. The summed E-state index contributed by atoms with van der Waals surface area (Å²) in [6.07, 6.45) is 1.18. The summed E-state index contributed by atoms with van der Waals surface area (Å²) in [6.45, 7) is 4.04. The maximum atomic E-state index is 12.7. The molecule has 2 rings (SSSR count). The van der Waals surface area contributed by atoms with Crippen molar-refractivity contribution >= 4 is 16.0 Å². The average molecular weight is 297 g/mol. The van der Waals surface area contributed by atoms with Crippen molar-refractivity contribution in [2.24, 2.45) is 0 Å². The Labute approximate surface area is 119 Å². The van der Waals surface area contributed by atoms with Crippen LogP contribution in [0.1, 0.15) is 24.0 Å². The summed E-state index contributed by atoms with van der Waals surface area (Å²) in [5.74, 6) is -0.490. The van der Waals surface area contributed by atoms with Gasteiger partial charge in [-0.25, -0.2) is 8.42 Å². The number of nitrogens with zero attached hydrogens (tertiary/aromatic N) is 1. The smallest absolute Gasteiger partial charge is 0.324 e. The number of ether oxygens (including phenoxy) is 1. The van der Waals surface area contributed by atoms with Gasteiger partial charge in [-0.05, 0) is 38.3 Å². The fraction of sp³-hybridized carbons (Fsp3) is 0.500. The first kappa shape index (κ1) is 15.0. The van der Waals surface area contributed by atoms with Crippen molar-refractivity contribution in [3.63, 3.8) is 0 Å². The van der Waals surface area contributed by atoms with Crippen LogP contribution in [-0.4, -0.2) is 38.4 Å². The predicted octanol–water partition coefficient (Wildman–Crippen LogP) is 1.63. The van der Waals surface area contributed by atoms with E-state index in [0.717, 1.165) is 5.56 Å². The summed E-state index contributed by atoms with van der Waals surface area (Å²) in [6, 6.07) is 4.50. The van der Waals surface area contributed by atoms with Crippen LogP contribution in [0.3, 0.4) is 0 Å². The Kier molecular flexibility index (Phi) is 4.15. The molecule has 1 aromatic rings. The van der Waals surface area contributed by atoms with Gasteiger partial charge in [0, 0.05) is 6.54 Å². The highest BCUT2D eigenvalue weighted by atomic mass is 32.2. The quantitative estimate of drug-likeness (QED) is 0.796. The third kappa shape index (κ3) is 2.58. The van der Waals surface area contributed by atoms with Crippen molar-refractivity contribution in [3.05, 3.63) is 29.3 Å². The number of benzene rings is 1. The molecule has 0 N–H and O–H groups in total. The van der Waals surface area contributed by atoms with Gasteiger partial charge in [0.25, 0.3) is 0 Å². The lowest BCUT2D eigenvalue weighted by atomic mass is 10.2. The van der Waals surface area contributed by atoms with Crippen molar-refractivity contribution in [1.82, 2.24) is 4.31 Å². The second-order valence-corrected chi connectivity index (χ2v) is 6.92. The summed E-state index contributed by atoms with van der Waals surface area (Å²) < 4.78 is 31.4. The van der Waals surface area contributed by atoms with Crippen LogP contribution in [0, 0.1) is 13.8 Å². The average Bonchev–Trinajstić information content (AvgIpc) is 2.87. The van der Waals surface area contributed by atoms with Crippen molar-refractivity contribution in [3.8, 4) is 0 Å². The first-order chi connectivity index (χ1) is 9.37. The van der Waals surface area contributed by atoms with E-state index in [1.165, 1.54) is 11.4 Å². The van der Waals surface area contributed by atoms with Gasteiger partial charge in [-0.3, -0.25) is 4.79 Å². The summed E-state index contributed by atoms with van der Waals surface area (Å²) in [7, 11) is -2.38. The third-order valence-corrected chi connectivity index (χ3v) is 5.66. The van der Waals surface area contributed by atoms with Crippen LogP contribution in [-0.2, 0) is 19.6 Å². The molecule has 1 unspecified atom stereocenters. The minimum absolute atomic E-state index is 0.263. The molecule has 1 aliphatic heterocycles. The number of aryl methyl sites for hydroxylation is 2. The van der Waals surface area contributed by atoms with E-state index in [9.17, 15) is 13.2 Å². The molecule has 1 aliphatic rings. The highest BCUT2D eigenvalue weighted by molar-refractivity contribution is 7.89. The summed E-state index contributed by atoms with van der Waals surface area (Å²) >= 11 is 0. The molecule has 0 aliphatic carbocycles. The predicted molar refractivity (Wildman–Crippen MR) is 74.8 cm³/mol. The molecule has 0 amide bonds. The Morgan fingerprint density at radius 1 is 1.35 bits per heavy atom. The first-order valence-electron chi connectivity index (χ1n) is 6.55. The number of hydrogen-bond acceptors (Lipinski definition) is 4. The van der Waals surface area contributed by atoms with E-state index in [0.29, 0.717) is 24.9 Å². The van der Waals surface area contributed by atoms with Gasteiger partial charge < -0.3 is 4.74 Å². The Balaban J connectivity index is 2.41. The van der Waals surface area contributed by atoms with E-state index in [1.54, 1.807) is 19.1 Å². The molecule has 0 radical (unpaired) electrons. The van der Waals surface area contributed by atoms with E-state index >= 15 is 0 Å². The number of carbonyl (C=O) groups is 1.